The van der Waals surface area contributed by atoms with Crippen molar-refractivity contribution in [3.05, 3.63) is 36.5 Å². The summed E-state index contributed by atoms with van der Waals surface area (Å²) in [4.78, 5) is 32.5. The van der Waals surface area contributed by atoms with Crippen molar-refractivity contribution in [1.82, 2.24) is 19.4 Å². The molecule has 0 aliphatic carbocycles. The Balaban J connectivity index is 1.64. The second kappa shape index (κ2) is 7.74. The number of primary amides is 1. The van der Waals surface area contributed by atoms with Crippen LogP contribution in [0, 0.1) is 0 Å². The van der Waals surface area contributed by atoms with Gasteiger partial charge in [-0.3, -0.25) is 14.5 Å². The smallest absolute Gasteiger partial charge is 0.239 e. The first-order valence-corrected chi connectivity index (χ1v) is 9.79. The third kappa shape index (κ3) is 3.72. The summed E-state index contributed by atoms with van der Waals surface area (Å²) in [6.45, 7) is 0.876. The summed E-state index contributed by atoms with van der Waals surface area (Å²) in [7, 11) is 5.60. The predicted molar refractivity (Wildman–Crippen MR) is 106 cm³/mol. The number of thioether (sulfide) groups is 1. The Hall–Kier alpha value is -2.32. The van der Waals surface area contributed by atoms with E-state index in [1.165, 1.54) is 11.8 Å². The number of carbonyl (C=O) groups excluding carboxylic acids is 2. The number of amides is 2. The molecule has 2 amide bonds. The summed E-state index contributed by atoms with van der Waals surface area (Å²) in [6.07, 6.45) is 2.38. The van der Waals surface area contributed by atoms with Crippen LogP contribution in [-0.2, 0) is 16.6 Å². The largest absolute Gasteiger partial charge is 0.368 e. The molecule has 0 radical (unpaired) electrons. The van der Waals surface area contributed by atoms with E-state index < -0.39 is 5.54 Å². The maximum Gasteiger partial charge on any atom is 0.239 e. The van der Waals surface area contributed by atoms with Crippen molar-refractivity contribution < 1.29 is 9.59 Å². The molecule has 1 aliphatic heterocycles. The van der Waals surface area contributed by atoms with Crippen molar-refractivity contribution in [3.8, 4) is 11.3 Å². The van der Waals surface area contributed by atoms with Crippen LogP contribution in [-0.4, -0.2) is 69.6 Å². The van der Waals surface area contributed by atoms with E-state index in [1.807, 2.05) is 67.1 Å². The number of imidazole rings is 1. The number of nitrogens with two attached hydrogens (primary N) is 1. The molecule has 3 rings (SSSR count). The number of likely N-dealkylation sites (tertiary alicyclic amines) is 1. The molecule has 1 aliphatic rings. The van der Waals surface area contributed by atoms with Gasteiger partial charge < -0.3 is 15.2 Å². The number of carbonyl (C=O) groups is 2. The van der Waals surface area contributed by atoms with E-state index in [2.05, 4.69) is 4.98 Å². The Morgan fingerprint density at radius 3 is 2.59 bits per heavy atom. The molecule has 1 aromatic carbocycles. The van der Waals surface area contributed by atoms with E-state index in [0.717, 1.165) is 16.4 Å². The number of nitrogens with zero attached hydrogens (tertiary/aromatic N) is 4. The quantitative estimate of drug-likeness (QED) is 0.753. The molecule has 2 aromatic rings. The highest BCUT2D eigenvalue weighted by Gasteiger charge is 2.46. The summed E-state index contributed by atoms with van der Waals surface area (Å²) < 4.78 is 1.99. The molecule has 0 bridgehead atoms. The van der Waals surface area contributed by atoms with E-state index in [9.17, 15) is 9.59 Å². The van der Waals surface area contributed by atoms with Crippen LogP contribution in [0.3, 0.4) is 0 Å². The van der Waals surface area contributed by atoms with E-state index >= 15 is 0 Å². The Morgan fingerprint density at radius 2 is 2.00 bits per heavy atom. The van der Waals surface area contributed by atoms with E-state index in [4.69, 9.17) is 5.73 Å². The van der Waals surface area contributed by atoms with Gasteiger partial charge in [-0.15, -0.1) is 0 Å². The van der Waals surface area contributed by atoms with Gasteiger partial charge in [-0.1, -0.05) is 42.1 Å². The zero-order valence-electron chi connectivity index (χ0n) is 15.9. The summed E-state index contributed by atoms with van der Waals surface area (Å²) in [5.41, 5.74) is 6.92. The third-order valence-corrected chi connectivity index (χ3v) is 6.28. The fraction of sp³-hybridized carbons (Fsp3) is 0.421. The number of aromatic nitrogens is 2. The van der Waals surface area contributed by atoms with Gasteiger partial charge in [0.2, 0.25) is 11.8 Å². The average Bonchev–Trinajstić information content (AvgIpc) is 3.26. The summed E-state index contributed by atoms with van der Waals surface area (Å²) >= 11 is 1.41. The molecule has 1 fully saturated rings. The molecule has 0 spiro atoms. The van der Waals surface area contributed by atoms with Crippen LogP contribution in [0.25, 0.3) is 11.3 Å². The lowest BCUT2D eigenvalue weighted by Crippen LogP contribution is -2.56. The van der Waals surface area contributed by atoms with Gasteiger partial charge >= 0.3 is 0 Å². The zero-order valence-corrected chi connectivity index (χ0v) is 16.7. The molecule has 1 atom stereocenters. The maximum atomic E-state index is 12.6. The van der Waals surface area contributed by atoms with Crippen LogP contribution < -0.4 is 5.73 Å². The van der Waals surface area contributed by atoms with Gasteiger partial charge in [0.25, 0.3) is 0 Å². The summed E-state index contributed by atoms with van der Waals surface area (Å²) in [6, 6.07) is 10.0. The minimum atomic E-state index is -0.774. The minimum Gasteiger partial charge on any atom is -0.368 e. The van der Waals surface area contributed by atoms with E-state index in [1.54, 1.807) is 4.90 Å². The Kier molecular flexibility index (Phi) is 5.57. The van der Waals surface area contributed by atoms with Crippen LogP contribution in [0.2, 0.25) is 0 Å². The van der Waals surface area contributed by atoms with Crippen LogP contribution in [0.5, 0.6) is 0 Å². The first kappa shape index (κ1) is 19.4. The van der Waals surface area contributed by atoms with Crippen molar-refractivity contribution in [2.24, 2.45) is 12.8 Å². The molecule has 1 unspecified atom stereocenters. The van der Waals surface area contributed by atoms with Crippen molar-refractivity contribution in [2.75, 3.05) is 32.9 Å². The van der Waals surface area contributed by atoms with Gasteiger partial charge in [-0.2, -0.15) is 0 Å². The second-order valence-corrected chi connectivity index (χ2v) is 7.94. The maximum absolute atomic E-state index is 12.6. The Bertz CT molecular complexity index is 836. The molecular formula is C19H25N5O2S. The van der Waals surface area contributed by atoms with Gasteiger partial charge in [-0.25, -0.2) is 4.98 Å². The van der Waals surface area contributed by atoms with Gasteiger partial charge in [0, 0.05) is 20.1 Å². The van der Waals surface area contributed by atoms with E-state index in [0.29, 0.717) is 19.5 Å². The van der Waals surface area contributed by atoms with Crippen LogP contribution in [0.1, 0.15) is 6.42 Å². The van der Waals surface area contributed by atoms with E-state index in [-0.39, 0.29) is 17.6 Å². The number of hydrogen-bond acceptors (Lipinski definition) is 5. The highest BCUT2D eigenvalue weighted by atomic mass is 32.2. The molecule has 1 aromatic heterocycles. The van der Waals surface area contributed by atoms with Crippen molar-refractivity contribution in [3.63, 3.8) is 0 Å². The normalized spacial score (nSPS) is 19.6. The molecular weight excluding hydrogens is 362 g/mol. The minimum absolute atomic E-state index is 0.00534. The Morgan fingerprint density at radius 1 is 1.30 bits per heavy atom. The number of likely N-dealkylation sites (N-methyl/N-ethyl adjacent to an activating group) is 1. The molecule has 0 saturated carbocycles. The molecule has 144 valence electrons. The highest BCUT2D eigenvalue weighted by Crippen LogP contribution is 2.28. The first-order chi connectivity index (χ1) is 12.8. The predicted octanol–water partition coefficient (Wildman–Crippen LogP) is 1.20. The van der Waals surface area contributed by atoms with Crippen molar-refractivity contribution >= 4 is 23.6 Å². The summed E-state index contributed by atoms with van der Waals surface area (Å²) in [5.74, 6) is -0.109. The highest BCUT2D eigenvalue weighted by molar-refractivity contribution is 7.99. The molecule has 8 heteroatoms. The van der Waals surface area contributed by atoms with Gasteiger partial charge in [0.1, 0.15) is 5.54 Å². The number of rotatable bonds is 6. The standard InChI is InChI=1S/C19H25N5O2S/c1-22(2)19(17(20)26)9-10-24(13-19)16(25)12-27-18-21-11-15(23(18)3)14-7-5-4-6-8-14/h4-8,11H,9-10,12-13H2,1-3H3,(H2,20,26). The van der Waals surface area contributed by atoms with Crippen LogP contribution in [0.4, 0.5) is 0 Å². The van der Waals surface area contributed by atoms with Gasteiger partial charge in [0.15, 0.2) is 5.16 Å². The van der Waals surface area contributed by atoms with Crippen molar-refractivity contribution in [2.45, 2.75) is 17.1 Å². The monoisotopic (exact) mass is 387 g/mol. The molecule has 7 nitrogen and oxygen atoms in total. The second-order valence-electron chi connectivity index (χ2n) is 7.00. The number of hydrogen-bond donors (Lipinski definition) is 1. The van der Waals surface area contributed by atoms with Crippen LogP contribution >= 0.6 is 11.8 Å². The average molecular weight is 388 g/mol. The van der Waals surface area contributed by atoms with Gasteiger partial charge in [0.05, 0.1) is 17.6 Å². The fourth-order valence-electron chi connectivity index (χ4n) is 3.41. The molecule has 1 saturated heterocycles. The lowest BCUT2D eigenvalue weighted by atomic mass is 9.96. The number of benzene rings is 1. The zero-order chi connectivity index (χ0) is 19.6. The lowest BCUT2D eigenvalue weighted by molar-refractivity contribution is -0.130. The molecule has 27 heavy (non-hydrogen) atoms. The van der Waals surface area contributed by atoms with Crippen LogP contribution in [0.15, 0.2) is 41.7 Å². The third-order valence-electron chi connectivity index (χ3n) is 5.26. The first-order valence-electron chi connectivity index (χ1n) is 8.80. The van der Waals surface area contributed by atoms with Crippen molar-refractivity contribution in [1.29, 1.82) is 0 Å². The molecule has 2 heterocycles. The summed E-state index contributed by atoms with van der Waals surface area (Å²) in [5, 5.41) is 0.787. The topological polar surface area (TPSA) is 84.5 Å². The van der Waals surface area contributed by atoms with Gasteiger partial charge in [-0.05, 0) is 26.1 Å². The fourth-order valence-corrected chi connectivity index (χ4v) is 4.27. The SMILES string of the molecule is CN(C)C1(C(N)=O)CCN(C(=O)CSc2ncc(-c3ccccc3)n2C)C1. The Labute approximate surface area is 163 Å². The lowest BCUT2D eigenvalue weighted by Gasteiger charge is -2.32. The molecule has 2 N–H and O–H groups in total.